The van der Waals surface area contributed by atoms with Gasteiger partial charge in [-0.05, 0) is 111 Å². The number of hydrogen-bond donors (Lipinski definition) is 1. The Labute approximate surface area is 205 Å². The summed E-state index contributed by atoms with van der Waals surface area (Å²) in [6, 6.07) is 11.1. The van der Waals surface area contributed by atoms with Gasteiger partial charge in [0.2, 0.25) is 0 Å². The largest absolute Gasteiger partial charge is 0.366 e. The number of aryl methyl sites for hydroxylation is 1. The molecule has 0 spiro atoms. The minimum absolute atomic E-state index is 0.0535. The molecule has 1 fully saturated rings. The van der Waals surface area contributed by atoms with E-state index in [-0.39, 0.29) is 16.2 Å². The summed E-state index contributed by atoms with van der Waals surface area (Å²) in [5.41, 5.74) is 5.01. The van der Waals surface area contributed by atoms with Gasteiger partial charge in [0.25, 0.3) is 11.8 Å². The quantitative estimate of drug-likeness (QED) is 0.352. The Balaban J connectivity index is 1.77. The molecular weight excluding hydrogens is 454 g/mol. The molecule has 2 aliphatic heterocycles. The van der Waals surface area contributed by atoms with E-state index in [2.05, 4.69) is 50.0 Å². The number of carbonyl (C=O) groups is 2. The van der Waals surface area contributed by atoms with Gasteiger partial charge < -0.3 is 4.90 Å². The lowest BCUT2D eigenvalue weighted by molar-refractivity contribution is -0.122. The number of thiocarbonyl (C=S) groups is 1. The Morgan fingerprint density at radius 3 is 2.52 bits per heavy atom. The van der Waals surface area contributed by atoms with Crippen molar-refractivity contribution in [1.29, 1.82) is 0 Å². The number of nitrogens with zero attached hydrogens (tertiary/aromatic N) is 2. The summed E-state index contributed by atoms with van der Waals surface area (Å²) >= 11 is 11.3. The molecule has 7 heteroatoms. The Bertz CT molecular complexity index is 1190. The molecule has 1 N–H and O–H groups in total. The first-order chi connectivity index (χ1) is 15.5. The summed E-state index contributed by atoms with van der Waals surface area (Å²) in [6.07, 6.45) is 2.71. The van der Waals surface area contributed by atoms with Gasteiger partial charge in [-0.3, -0.25) is 19.8 Å². The number of hydrogen-bond acceptors (Lipinski definition) is 4. The molecule has 2 aromatic carbocycles. The topological polar surface area (TPSA) is 52.7 Å². The standard InChI is InChI=1S/C26H28ClN3O2S/c1-6-29-22-11-15(2)17(12-20(22)16(3)14-26(29,4)5)13-21-23(31)28-25(33)30(24(21)32)19-9-7-18(27)8-10-19/h7-13,16H,6,14H2,1-5H3,(H,28,31,33)/b21-13+. The van der Waals surface area contributed by atoms with Gasteiger partial charge >= 0.3 is 0 Å². The third-order valence-corrected chi connectivity index (χ3v) is 7.11. The number of amides is 2. The van der Waals surface area contributed by atoms with Crippen molar-refractivity contribution in [3.8, 4) is 0 Å². The van der Waals surface area contributed by atoms with Gasteiger partial charge in [0.1, 0.15) is 5.57 Å². The first-order valence-corrected chi connectivity index (χ1v) is 11.9. The molecule has 1 saturated heterocycles. The third-order valence-electron chi connectivity index (χ3n) is 6.58. The number of rotatable bonds is 3. The van der Waals surface area contributed by atoms with Crippen molar-refractivity contribution in [3.63, 3.8) is 0 Å². The van der Waals surface area contributed by atoms with E-state index in [9.17, 15) is 9.59 Å². The lowest BCUT2D eigenvalue weighted by atomic mass is 9.79. The van der Waals surface area contributed by atoms with Crippen LogP contribution in [0.4, 0.5) is 11.4 Å². The SMILES string of the molecule is CCN1c2cc(C)c(/C=C3\C(=O)NC(=S)N(c4ccc(Cl)cc4)C3=O)cc2C(C)CC1(C)C. The Morgan fingerprint density at radius 1 is 1.21 bits per heavy atom. The molecule has 0 aromatic heterocycles. The van der Waals surface area contributed by atoms with E-state index in [0.717, 1.165) is 24.1 Å². The predicted molar refractivity (Wildman–Crippen MR) is 139 cm³/mol. The van der Waals surface area contributed by atoms with Crippen molar-refractivity contribution in [2.24, 2.45) is 0 Å². The molecule has 1 unspecified atom stereocenters. The average Bonchev–Trinajstić information content (AvgIpc) is 2.72. The molecule has 2 amide bonds. The van der Waals surface area contributed by atoms with Crippen molar-refractivity contribution < 1.29 is 9.59 Å². The van der Waals surface area contributed by atoms with Crippen LogP contribution in [0.3, 0.4) is 0 Å². The molecule has 2 aromatic rings. The van der Waals surface area contributed by atoms with Crippen LogP contribution in [0.2, 0.25) is 5.02 Å². The number of benzene rings is 2. The van der Waals surface area contributed by atoms with Crippen LogP contribution in [-0.2, 0) is 9.59 Å². The van der Waals surface area contributed by atoms with Crippen LogP contribution in [0.15, 0.2) is 42.0 Å². The maximum Gasteiger partial charge on any atom is 0.270 e. The van der Waals surface area contributed by atoms with Crippen LogP contribution >= 0.6 is 23.8 Å². The van der Waals surface area contributed by atoms with E-state index in [4.69, 9.17) is 23.8 Å². The van der Waals surface area contributed by atoms with Crippen LogP contribution < -0.4 is 15.1 Å². The van der Waals surface area contributed by atoms with Gasteiger partial charge in [-0.1, -0.05) is 18.5 Å². The minimum atomic E-state index is -0.489. The molecule has 4 rings (SSSR count). The second-order valence-corrected chi connectivity index (χ2v) is 10.2. The molecule has 0 radical (unpaired) electrons. The molecule has 1 atom stereocenters. The van der Waals surface area contributed by atoms with Crippen molar-refractivity contribution in [2.45, 2.75) is 52.5 Å². The number of fused-ring (bicyclic) bond motifs is 1. The van der Waals surface area contributed by atoms with E-state index < -0.39 is 11.8 Å². The van der Waals surface area contributed by atoms with Gasteiger partial charge in [-0.25, -0.2) is 0 Å². The highest BCUT2D eigenvalue weighted by molar-refractivity contribution is 7.80. The lowest BCUT2D eigenvalue weighted by Crippen LogP contribution is -2.54. The Morgan fingerprint density at radius 2 is 1.88 bits per heavy atom. The van der Waals surface area contributed by atoms with Crippen molar-refractivity contribution in [1.82, 2.24) is 5.32 Å². The molecule has 2 aliphatic rings. The summed E-state index contributed by atoms with van der Waals surface area (Å²) in [4.78, 5) is 29.9. The lowest BCUT2D eigenvalue weighted by Gasteiger charge is -2.47. The summed E-state index contributed by atoms with van der Waals surface area (Å²) in [6.45, 7) is 11.9. The summed E-state index contributed by atoms with van der Waals surface area (Å²) in [5, 5.41) is 3.26. The zero-order valence-corrected chi connectivity index (χ0v) is 21.1. The Hall–Kier alpha value is -2.70. The van der Waals surface area contributed by atoms with Crippen molar-refractivity contribution in [3.05, 3.63) is 63.7 Å². The zero-order valence-electron chi connectivity index (χ0n) is 19.5. The maximum absolute atomic E-state index is 13.4. The molecular formula is C26H28ClN3O2S. The van der Waals surface area contributed by atoms with Crippen LogP contribution in [0.25, 0.3) is 6.08 Å². The molecule has 2 heterocycles. The second kappa shape index (κ2) is 8.58. The summed E-state index contributed by atoms with van der Waals surface area (Å²) < 4.78 is 0. The van der Waals surface area contributed by atoms with E-state index in [0.29, 0.717) is 16.6 Å². The van der Waals surface area contributed by atoms with Gasteiger partial charge in [0.15, 0.2) is 5.11 Å². The normalized spacial score (nSPS) is 21.3. The fourth-order valence-electron chi connectivity index (χ4n) is 5.04. The van der Waals surface area contributed by atoms with Crippen molar-refractivity contribution in [2.75, 3.05) is 16.3 Å². The van der Waals surface area contributed by atoms with E-state index in [1.54, 1.807) is 30.3 Å². The molecule has 0 aliphatic carbocycles. The Kier molecular flexibility index (Phi) is 6.10. The average molecular weight is 482 g/mol. The number of halogens is 1. The highest BCUT2D eigenvalue weighted by Gasteiger charge is 2.37. The first kappa shape index (κ1) is 23.5. The highest BCUT2D eigenvalue weighted by Crippen LogP contribution is 2.44. The third kappa shape index (κ3) is 4.18. The van der Waals surface area contributed by atoms with Crippen LogP contribution in [0, 0.1) is 6.92 Å². The predicted octanol–water partition coefficient (Wildman–Crippen LogP) is 5.59. The second-order valence-electron chi connectivity index (χ2n) is 9.36. The summed E-state index contributed by atoms with van der Waals surface area (Å²) in [7, 11) is 0. The molecule has 172 valence electrons. The molecule has 0 bridgehead atoms. The van der Waals surface area contributed by atoms with E-state index in [1.165, 1.54) is 16.2 Å². The van der Waals surface area contributed by atoms with Gasteiger partial charge in [-0.15, -0.1) is 0 Å². The first-order valence-electron chi connectivity index (χ1n) is 11.1. The number of nitrogens with one attached hydrogen (secondary N) is 1. The fraction of sp³-hybridized carbons (Fsp3) is 0.346. The summed E-state index contributed by atoms with van der Waals surface area (Å²) in [5.74, 6) is -0.575. The van der Waals surface area contributed by atoms with Gasteiger partial charge in [0, 0.05) is 22.8 Å². The molecule has 33 heavy (non-hydrogen) atoms. The number of carbonyl (C=O) groups excluding carboxylic acids is 2. The highest BCUT2D eigenvalue weighted by atomic mass is 35.5. The van der Waals surface area contributed by atoms with E-state index in [1.807, 2.05) is 6.92 Å². The number of anilines is 2. The maximum atomic E-state index is 13.4. The molecule has 0 saturated carbocycles. The fourth-order valence-corrected chi connectivity index (χ4v) is 5.45. The smallest absolute Gasteiger partial charge is 0.270 e. The monoisotopic (exact) mass is 481 g/mol. The minimum Gasteiger partial charge on any atom is -0.366 e. The zero-order chi connectivity index (χ0) is 24.1. The molecule has 5 nitrogen and oxygen atoms in total. The van der Waals surface area contributed by atoms with Crippen LogP contribution in [-0.4, -0.2) is 29.0 Å². The van der Waals surface area contributed by atoms with Gasteiger partial charge in [0.05, 0.1) is 5.69 Å². The van der Waals surface area contributed by atoms with Gasteiger partial charge in [-0.2, -0.15) is 0 Å². The van der Waals surface area contributed by atoms with E-state index >= 15 is 0 Å². The van der Waals surface area contributed by atoms with Crippen molar-refractivity contribution >= 4 is 58.2 Å². The van der Waals surface area contributed by atoms with Crippen LogP contribution in [0.5, 0.6) is 0 Å². The van der Waals surface area contributed by atoms with Crippen LogP contribution in [0.1, 0.15) is 56.7 Å².